The molecule has 0 bridgehead atoms. The lowest BCUT2D eigenvalue weighted by atomic mass is 9.94. The van der Waals surface area contributed by atoms with Crippen molar-refractivity contribution in [2.24, 2.45) is 7.05 Å². The van der Waals surface area contributed by atoms with Crippen LogP contribution in [0.1, 0.15) is 22.5 Å². The van der Waals surface area contributed by atoms with Crippen LogP contribution in [0.2, 0.25) is 0 Å². The lowest BCUT2D eigenvalue weighted by Gasteiger charge is -2.34. The van der Waals surface area contributed by atoms with E-state index in [0.29, 0.717) is 13.0 Å². The molecule has 1 aliphatic rings. The van der Waals surface area contributed by atoms with Gasteiger partial charge in [-0.15, -0.1) is 0 Å². The van der Waals surface area contributed by atoms with Gasteiger partial charge in [0, 0.05) is 13.6 Å². The van der Waals surface area contributed by atoms with Crippen molar-refractivity contribution in [3.05, 3.63) is 46.8 Å². The number of nitrogens with one attached hydrogen (secondary N) is 1. The summed E-state index contributed by atoms with van der Waals surface area (Å²) in [7, 11) is 3.22. The number of rotatable bonds is 4. The maximum Gasteiger partial charge on any atom is 0.323 e. The molecule has 1 N–H and O–H groups in total. The fourth-order valence-corrected chi connectivity index (χ4v) is 3.43. The third-order valence-electron chi connectivity index (χ3n) is 4.94. The largest absolute Gasteiger partial charge is 0.468 e. The number of aromatic nitrogens is 2. The Morgan fingerprint density at radius 3 is 2.58 bits per heavy atom. The summed E-state index contributed by atoms with van der Waals surface area (Å²) in [4.78, 5) is 26.7. The number of benzene rings is 1. The van der Waals surface area contributed by atoms with Crippen molar-refractivity contribution in [3.63, 3.8) is 0 Å². The van der Waals surface area contributed by atoms with Crippen LogP contribution in [0.15, 0.2) is 24.3 Å². The van der Waals surface area contributed by atoms with E-state index in [9.17, 15) is 9.59 Å². The number of aryl methyl sites for hydroxylation is 2. The molecule has 0 saturated carbocycles. The van der Waals surface area contributed by atoms with Crippen molar-refractivity contribution in [1.29, 1.82) is 0 Å². The Balaban J connectivity index is 1.77. The van der Waals surface area contributed by atoms with Gasteiger partial charge in [0.05, 0.1) is 30.7 Å². The summed E-state index contributed by atoms with van der Waals surface area (Å²) >= 11 is 0. The molecule has 1 amide bonds. The highest BCUT2D eigenvalue weighted by molar-refractivity contribution is 5.93. The van der Waals surface area contributed by atoms with E-state index < -0.39 is 6.04 Å². The summed E-state index contributed by atoms with van der Waals surface area (Å²) in [6, 6.07) is 7.52. The molecule has 3 rings (SSSR count). The van der Waals surface area contributed by atoms with E-state index in [-0.39, 0.29) is 18.4 Å². The normalized spacial score (nSPS) is 16.8. The number of methoxy groups -OCH3 is 1. The van der Waals surface area contributed by atoms with Crippen LogP contribution in [-0.2, 0) is 34.3 Å². The van der Waals surface area contributed by atoms with Crippen LogP contribution >= 0.6 is 0 Å². The Hall–Kier alpha value is -2.67. The highest BCUT2D eigenvalue weighted by atomic mass is 16.5. The molecule has 0 unspecified atom stereocenters. The number of esters is 1. The first-order valence-electron chi connectivity index (χ1n) is 8.59. The van der Waals surface area contributed by atoms with Gasteiger partial charge in [0.1, 0.15) is 6.04 Å². The van der Waals surface area contributed by atoms with Gasteiger partial charge in [-0.25, -0.2) is 0 Å². The third kappa shape index (κ3) is 3.48. The van der Waals surface area contributed by atoms with Crippen molar-refractivity contribution in [3.8, 4) is 0 Å². The highest BCUT2D eigenvalue weighted by Crippen LogP contribution is 2.24. The zero-order valence-corrected chi connectivity index (χ0v) is 15.6. The van der Waals surface area contributed by atoms with Crippen LogP contribution in [0.25, 0.3) is 0 Å². The first-order valence-corrected chi connectivity index (χ1v) is 8.59. The second-order valence-corrected chi connectivity index (χ2v) is 6.63. The fraction of sp³-hybridized carbons (Fsp3) is 0.421. The quantitative estimate of drug-likeness (QED) is 0.842. The average Bonchev–Trinajstić information content (AvgIpc) is 2.86. The van der Waals surface area contributed by atoms with Gasteiger partial charge in [0.2, 0.25) is 5.91 Å². The van der Waals surface area contributed by atoms with E-state index in [0.717, 1.165) is 28.2 Å². The number of carbonyl (C=O) groups excluding carboxylic acids is 2. The monoisotopic (exact) mass is 356 g/mol. The molecule has 138 valence electrons. The van der Waals surface area contributed by atoms with E-state index in [1.807, 2.05) is 50.1 Å². The van der Waals surface area contributed by atoms with E-state index in [2.05, 4.69) is 10.4 Å². The van der Waals surface area contributed by atoms with Gasteiger partial charge in [-0.3, -0.25) is 19.2 Å². The molecule has 2 aromatic rings. The van der Waals surface area contributed by atoms with E-state index >= 15 is 0 Å². The summed E-state index contributed by atoms with van der Waals surface area (Å²) in [5, 5.41) is 7.24. The first-order chi connectivity index (χ1) is 12.4. The summed E-state index contributed by atoms with van der Waals surface area (Å²) in [6.45, 7) is 4.41. The van der Waals surface area contributed by atoms with Crippen LogP contribution in [0.5, 0.6) is 0 Å². The van der Waals surface area contributed by atoms with Gasteiger partial charge in [-0.1, -0.05) is 24.3 Å². The Morgan fingerprint density at radius 1 is 1.27 bits per heavy atom. The predicted octanol–water partition coefficient (Wildman–Crippen LogP) is 1.58. The minimum Gasteiger partial charge on any atom is -0.468 e. The van der Waals surface area contributed by atoms with Crippen molar-refractivity contribution in [2.45, 2.75) is 32.9 Å². The van der Waals surface area contributed by atoms with Crippen LogP contribution in [0.3, 0.4) is 0 Å². The number of ether oxygens (including phenoxy) is 1. The second-order valence-electron chi connectivity index (χ2n) is 6.63. The molecule has 0 fully saturated rings. The molecular weight excluding hydrogens is 332 g/mol. The Kier molecular flexibility index (Phi) is 5.08. The molecule has 0 saturated heterocycles. The molecule has 2 heterocycles. The van der Waals surface area contributed by atoms with Gasteiger partial charge in [-0.2, -0.15) is 5.10 Å². The lowest BCUT2D eigenvalue weighted by Crippen LogP contribution is -2.49. The minimum absolute atomic E-state index is 0.113. The van der Waals surface area contributed by atoms with Gasteiger partial charge in [-0.05, 0) is 31.4 Å². The number of nitrogens with zero attached hydrogens (tertiary/aromatic N) is 3. The number of fused-ring (bicyclic) bond motifs is 1. The molecule has 1 aliphatic heterocycles. The van der Waals surface area contributed by atoms with Crippen LogP contribution in [0, 0.1) is 13.8 Å². The molecule has 26 heavy (non-hydrogen) atoms. The number of anilines is 1. The molecule has 0 aliphatic carbocycles. The molecule has 1 atom stereocenters. The van der Waals surface area contributed by atoms with E-state index in [1.165, 1.54) is 7.11 Å². The molecule has 7 nitrogen and oxygen atoms in total. The standard InChI is InChI=1S/C19H24N4O3/c1-12-18(13(2)22(3)21-12)20-17(24)11-23-10-15-8-6-5-7-14(15)9-16(23)19(25)26-4/h5-8,16H,9-11H2,1-4H3,(H,20,24)/t16-/m0/s1. The molecular formula is C19H24N4O3. The second kappa shape index (κ2) is 7.29. The molecule has 0 spiro atoms. The van der Waals surface area contributed by atoms with Crippen molar-refractivity contribution in [2.75, 3.05) is 19.0 Å². The lowest BCUT2D eigenvalue weighted by molar-refractivity contribution is -0.148. The predicted molar refractivity (Wildman–Crippen MR) is 97.7 cm³/mol. The van der Waals surface area contributed by atoms with Crippen LogP contribution in [0.4, 0.5) is 5.69 Å². The molecule has 1 aromatic heterocycles. The third-order valence-corrected chi connectivity index (χ3v) is 4.94. The smallest absolute Gasteiger partial charge is 0.323 e. The van der Waals surface area contributed by atoms with Gasteiger partial charge < -0.3 is 10.1 Å². The highest BCUT2D eigenvalue weighted by Gasteiger charge is 2.33. The fourth-order valence-electron chi connectivity index (χ4n) is 3.43. The topological polar surface area (TPSA) is 76.5 Å². The minimum atomic E-state index is -0.461. The number of hydrogen-bond donors (Lipinski definition) is 1. The van der Waals surface area contributed by atoms with Crippen LogP contribution < -0.4 is 5.32 Å². The van der Waals surface area contributed by atoms with Crippen molar-refractivity contribution < 1.29 is 14.3 Å². The maximum absolute atomic E-state index is 12.6. The number of hydrogen-bond acceptors (Lipinski definition) is 5. The summed E-state index contributed by atoms with van der Waals surface area (Å²) in [6.07, 6.45) is 0.543. The van der Waals surface area contributed by atoms with Gasteiger partial charge in [0.25, 0.3) is 0 Å². The molecule has 1 aromatic carbocycles. The van der Waals surface area contributed by atoms with Crippen LogP contribution in [-0.4, -0.2) is 46.3 Å². The maximum atomic E-state index is 12.6. The molecule has 7 heteroatoms. The zero-order chi connectivity index (χ0) is 18.8. The number of carbonyl (C=O) groups is 2. The molecule has 0 radical (unpaired) electrons. The summed E-state index contributed by atoms with van der Waals surface area (Å²) in [5.74, 6) is -0.487. The Labute approximate surface area is 152 Å². The van der Waals surface area contributed by atoms with Crippen molar-refractivity contribution in [1.82, 2.24) is 14.7 Å². The zero-order valence-electron chi connectivity index (χ0n) is 15.6. The van der Waals surface area contributed by atoms with E-state index in [4.69, 9.17) is 4.74 Å². The number of amides is 1. The van der Waals surface area contributed by atoms with Crippen molar-refractivity contribution >= 4 is 17.6 Å². The van der Waals surface area contributed by atoms with Gasteiger partial charge >= 0.3 is 5.97 Å². The SMILES string of the molecule is COC(=O)[C@@H]1Cc2ccccc2CN1CC(=O)Nc1c(C)nn(C)c1C. The summed E-state index contributed by atoms with van der Waals surface area (Å²) in [5.41, 5.74) is 4.65. The average molecular weight is 356 g/mol. The van der Waals surface area contributed by atoms with Gasteiger partial charge in [0.15, 0.2) is 0 Å². The Morgan fingerprint density at radius 2 is 1.96 bits per heavy atom. The van der Waals surface area contributed by atoms with E-state index in [1.54, 1.807) is 4.68 Å². The first kappa shape index (κ1) is 18.1. The Bertz CT molecular complexity index is 843. The summed E-state index contributed by atoms with van der Waals surface area (Å²) < 4.78 is 6.69.